The standard InChI is InChI=1S/C15H16O6/c1-19-13(16)10-6-4-5-7(11(10)14(17)20-2)9-8(6)12(9)15(18)21-3/h4-9,12H,1-3H3/t6-,7+,8+,9-,12?. The van der Waals surface area contributed by atoms with Crippen molar-refractivity contribution in [2.75, 3.05) is 21.3 Å². The van der Waals surface area contributed by atoms with Crippen LogP contribution in [-0.2, 0) is 28.6 Å². The molecule has 0 amide bonds. The Labute approximate surface area is 121 Å². The second-order valence-electron chi connectivity index (χ2n) is 5.45. The van der Waals surface area contributed by atoms with Crippen LogP contribution >= 0.6 is 0 Å². The molecule has 2 bridgehead atoms. The number of rotatable bonds is 3. The summed E-state index contributed by atoms with van der Waals surface area (Å²) in [6.07, 6.45) is 3.76. The number of allylic oxidation sites excluding steroid dienone is 2. The van der Waals surface area contributed by atoms with Gasteiger partial charge in [-0.2, -0.15) is 0 Å². The zero-order valence-corrected chi connectivity index (χ0v) is 12.0. The van der Waals surface area contributed by atoms with Gasteiger partial charge in [0.15, 0.2) is 0 Å². The summed E-state index contributed by atoms with van der Waals surface area (Å²) in [6.45, 7) is 0. The molecule has 4 aliphatic rings. The van der Waals surface area contributed by atoms with Crippen molar-refractivity contribution in [3.63, 3.8) is 0 Å². The smallest absolute Gasteiger partial charge is 0.334 e. The molecular weight excluding hydrogens is 276 g/mol. The molecule has 1 unspecified atom stereocenters. The number of hydrogen-bond acceptors (Lipinski definition) is 6. The van der Waals surface area contributed by atoms with Crippen molar-refractivity contribution in [3.05, 3.63) is 23.3 Å². The quantitative estimate of drug-likeness (QED) is 0.428. The van der Waals surface area contributed by atoms with Crippen molar-refractivity contribution in [2.24, 2.45) is 29.6 Å². The molecular formula is C15H16O6. The number of carbonyl (C=O) groups excluding carboxylic acids is 3. The Morgan fingerprint density at radius 2 is 1.24 bits per heavy atom. The van der Waals surface area contributed by atoms with E-state index in [1.165, 1.54) is 21.3 Å². The Bertz CT molecular complexity index is 545. The van der Waals surface area contributed by atoms with Crippen molar-refractivity contribution < 1.29 is 28.6 Å². The molecule has 21 heavy (non-hydrogen) atoms. The second kappa shape index (κ2) is 4.72. The zero-order chi connectivity index (χ0) is 15.3. The largest absolute Gasteiger partial charge is 0.469 e. The first-order chi connectivity index (χ1) is 10.1. The molecule has 0 saturated heterocycles. The Kier molecular flexibility index (Phi) is 3.11. The molecule has 0 radical (unpaired) electrons. The van der Waals surface area contributed by atoms with Gasteiger partial charge in [-0.1, -0.05) is 12.2 Å². The third kappa shape index (κ3) is 1.74. The van der Waals surface area contributed by atoms with E-state index < -0.39 is 11.9 Å². The number of esters is 3. The highest BCUT2D eigenvalue weighted by molar-refractivity contribution is 6.03. The van der Waals surface area contributed by atoms with Gasteiger partial charge in [-0.05, 0) is 11.8 Å². The summed E-state index contributed by atoms with van der Waals surface area (Å²) in [5.74, 6) is -2.20. The van der Waals surface area contributed by atoms with Gasteiger partial charge < -0.3 is 14.2 Å². The lowest BCUT2D eigenvalue weighted by molar-refractivity contribution is -0.143. The predicted octanol–water partition coefficient (Wildman–Crippen LogP) is 0.480. The molecule has 0 heterocycles. The van der Waals surface area contributed by atoms with Gasteiger partial charge >= 0.3 is 17.9 Å². The van der Waals surface area contributed by atoms with Gasteiger partial charge in [0, 0.05) is 11.8 Å². The SMILES string of the molecule is COC(=O)C1=C(C(=O)OC)[C@@H]2C=C[C@H]1[C@H]1C(C(=O)OC)[C@H]12. The maximum absolute atomic E-state index is 12.1. The van der Waals surface area contributed by atoms with E-state index >= 15 is 0 Å². The van der Waals surface area contributed by atoms with Gasteiger partial charge in [-0.3, -0.25) is 4.79 Å². The van der Waals surface area contributed by atoms with Crippen molar-refractivity contribution in [1.29, 1.82) is 0 Å². The van der Waals surface area contributed by atoms with Crippen LogP contribution in [0, 0.1) is 29.6 Å². The van der Waals surface area contributed by atoms with Crippen LogP contribution in [0.1, 0.15) is 0 Å². The molecule has 5 atom stereocenters. The number of ether oxygens (including phenoxy) is 3. The molecule has 0 spiro atoms. The van der Waals surface area contributed by atoms with Crippen molar-refractivity contribution >= 4 is 17.9 Å². The van der Waals surface area contributed by atoms with Crippen molar-refractivity contribution in [2.45, 2.75) is 0 Å². The normalized spacial score (nSPS) is 35.1. The fourth-order valence-electron chi connectivity index (χ4n) is 3.88. The topological polar surface area (TPSA) is 78.9 Å². The molecule has 1 fully saturated rings. The Morgan fingerprint density at radius 3 is 1.57 bits per heavy atom. The maximum atomic E-state index is 12.1. The lowest BCUT2D eigenvalue weighted by Crippen LogP contribution is -2.33. The highest BCUT2D eigenvalue weighted by Crippen LogP contribution is 2.65. The highest BCUT2D eigenvalue weighted by Gasteiger charge is 2.67. The second-order valence-corrected chi connectivity index (χ2v) is 5.45. The van der Waals surface area contributed by atoms with E-state index in [1.54, 1.807) is 0 Å². The summed E-state index contributed by atoms with van der Waals surface area (Å²) in [6, 6.07) is 0. The van der Waals surface area contributed by atoms with E-state index in [9.17, 15) is 14.4 Å². The van der Waals surface area contributed by atoms with Gasteiger partial charge in [0.25, 0.3) is 0 Å². The number of carbonyl (C=O) groups is 3. The molecule has 4 rings (SSSR count). The monoisotopic (exact) mass is 292 g/mol. The average molecular weight is 292 g/mol. The number of methoxy groups -OCH3 is 3. The molecule has 6 heteroatoms. The van der Waals surface area contributed by atoms with Gasteiger partial charge in [0.1, 0.15) is 0 Å². The van der Waals surface area contributed by atoms with Gasteiger partial charge in [0.2, 0.25) is 0 Å². The van der Waals surface area contributed by atoms with Crippen LogP contribution in [0.2, 0.25) is 0 Å². The summed E-state index contributed by atoms with van der Waals surface area (Å²) < 4.78 is 14.4. The Morgan fingerprint density at radius 1 is 0.810 bits per heavy atom. The summed E-state index contributed by atoms with van der Waals surface area (Å²) in [5, 5.41) is 0. The highest BCUT2D eigenvalue weighted by atomic mass is 16.5. The van der Waals surface area contributed by atoms with Crippen LogP contribution in [0.4, 0.5) is 0 Å². The maximum Gasteiger partial charge on any atom is 0.334 e. The first-order valence-corrected chi connectivity index (χ1v) is 6.73. The number of hydrogen-bond donors (Lipinski definition) is 0. The van der Waals surface area contributed by atoms with E-state index in [2.05, 4.69) is 0 Å². The molecule has 6 nitrogen and oxygen atoms in total. The molecule has 0 N–H and O–H groups in total. The van der Waals surface area contributed by atoms with Crippen LogP contribution < -0.4 is 0 Å². The molecule has 112 valence electrons. The first kappa shape index (κ1) is 13.9. The van der Waals surface area contributed by atoms with Gasteiger partial charge in [-0.25, -0.2) is 9.59 Å². The Hall–Kier alpha value is -2.11. The van der Waals surface area contributed by atoms with Crippen molar-refractivity contribution in [3.8, 4) is 0 Å². The lowest BCUT2D eigenvalue weighted by Gasteiger charge is -2.32. The van der Waals surface area contributed by atoms with E-state index in [4.69, 9.17) is 14.2 Å². The van der Waals surface area contributed by atoms with Crippen LogP contribution in [0.5, 0.6) is 0 Å². The summed E-state index contributed by atoms with van der Waals surface area (Å²) in [4.78, 5) is 36.0. The molecule has 1 saturated carbocycles. The van der Waals surface area contributed by atoms with E-state index in [-0.39, 0.29) is 35.6 Å². The van der Waals surface area contributed by atoms with Crippen LogP contribution in [0.25, 0.3) is 0 Å². The van der Waals surface area contributed by atoms with Crippen LogP contribution in [0.3, 0.4) is 0 Å². The predicted molar refractivity (Wildman–Crippen MR) is 69.7 cm³/mol. The van der Waals surface area contributed by atoms with Crippen LogP contribution in [0.15, 0.2) is 23.3 Å². The molecule has 0 aromatic heterocycles. The molecule has 0 aromatic rings. The fraction of sp³-hybridized carbons (Fsp3) is 0.533. The summed E-state index contributed by atoms with van der Waals surface area (Å²) in [7, 11) is 3.90. The summed E-state index contributed by atoms with van der Waals surface area (Å²) >= 11 is 0. The molecule has 0 aliphatic heterocycles. The minimum atomic E-state index is -0.538. The van der Waals surface area contributed by atoms with E-state index in [0.29, 0.717) is 11.1 Å². The third-order valence-corrected chi connectivity index (χ3v) is 4.73. The van der Waals surface area contributed by atoms with Crippen molar-refractivity contribution in [1.82, 2.24) is 0 Å². The summed E-state index contributed by atoms with van der Waals surface area (Å²) in [5.41, 5.74) is 0.647. The van der Waals surface area contributed by atoms with Gasteiger partial charge in [0.05, 0.1) is 38.4 Å². The van der Waals surface area contributed by atoms with Crippen LogP contribution in [-0.4, -0.2) is 39.2 Å². The first-order valence-electron chi connectivity index (χ1n) is 6.73. The molecule has 0 aromatic carbocycles. The average Bonchev–Trinajstić information content (AvgIpc) is 3.29. The third-order valence-electron chi connectivity index (χ3n) is 4.73. The molecule has 4 aliphatic carbocycles. The fourth-order valence-corrected chi connectivity index (χ4v) is 3.88. The lowest BCUT2D eigenvalue weighted by atomic mass is 9.71. The zero-order valence-electron chi connectivity index (χ0n) is 12.0. The van der Waals surface area contributed by atoms with Gasteiger partial charge in [-0.15, -0.1) is 0 Å². The van der Waals surface area contributed by atoms with E-state index in [0.717, 1.165) is 0 Å². The minimum Gasteiger partial charge on any atom is -0.469 e. The Balaban J connectivity index is 2.03. The minimum absolute atomic E-state index is 0.00922. The van der Waals surface area contributed by atoms with E-state index in [1.807, 2.05) is 12.2 Å².